The van der Waals surface area contributed by atoms with E-state index in [1.807, 2.05) is 4.68 Å². The van der Waals surface area contributed by atoms with Crippen LogP contribution in [-0.4, -0.2) is 42.4 Å². The molecule has 0 saturated carbocycles. The molecule has 2 aromatic heterocycles. The fourth-order valence-electron chi connectivity index (χ4n) is 2.60. The summed E-state index contributed by atoms with van der Waals surface area (Å²) in [6.45, 7) is 6.80. The lowest BCUT2D eigenvalue weighted by Crippen LogP contribution is -2.33. The van der Waals surface area contributed by atoms with Crippen molar-refractivity contribution in [3.8, 4) is 0 Å². The van der Waals surface area contributed by atoms with Crippen LogP contribution in [0.4, 0.5) is 0 Å². The molecule has 2 aromatic rings. The van der Waals surface area contributed by atoms with E-state index in [4.69, 9.17) is 4.52 Å². The van der Waals surface area contributed by atoms with Crippen LogP contribution in [0.25, 0.3) is 0 Å². The van der Waals surface area contributed by atoms with E-state index < -0.39 is 0 Å². The van der Waals surface area contributed by atoms with E-state index in [0.29, 0.717) is 11.9 Å². The summed E-state index contributed by atoms with van der Waals surface area (Å²) in [5, 5.41) is 8.25. The first-order valence-electron chi connectivity index (χ1n) is 7.11. The average Bonchev–Trinajstić information content (AvgIpc) is 3.13. The minimum absolute atomic E-state index is 0.278. The van der Waals surface area contributed by atoms with Crippen molar-refractivity contribution >= 4 is 0 Å². The molecular formula is C13H20N6O. The second-order valence-electron chi connectivity index (χ2n) is 5.59. The van der Waals surface area contributed by atoms with Crippen molar-refractivity contribution in [1.82, 2.24) is 29.8 Å². The summed E-state index contributed by atoms with van der Waals surface area (Å²) in [6.07, 6.45) is 5.72. The van der Waals surface area contributed by atoms with Crippen LogP contribution in [-0.2, 0) is 13.1 Å². The maximum absolute atomic E-state index is 5.26. The lowest BCUT2D eigenvalue weighted by atomic mass is 10.2. The maximum atomic E-state index is 5.26. The first kappa shape index (κ1) is 13.2. The monoisotopic (exact) mass is 276 g/mol. The van der Waals surface area contributed by atoms with Gasteiger partial charge in [-0.25, -0.2) is 4.98 Å². The van der Waals surface area contributed by atoms with Gasteiger partial charge in [0.25, 0.3) is 0 Å². The zero-order valence-electron chi connectivity index (χ0n) is 11.9. The van der Waals surface area contributed by atoms with Crippen molar-refractivity contribution in [2.24, 2.45) is 0 Å². The predicted molar refractivity (Wildman–Crippen MR) is 71.8 cm³/mol. The lowest BCUT2D eigenvalue weighted by molar-refractivity contribution is 0.211. The van der Waals surface area contributed by atoms with Crippen LogP contribution in [0.15, 0.2) is 17.2 Å². The quantitative estimate of drug-likeness (QED) is 0.823. The SMILES string of the molecule is CC(C)c1nc(CN2CCC[C@H]2Cn2cncn2)no1. The van der Waals surface area contributed by atoms with E-state index >= 15 is 0 Å². The number of rotatable bonds is 5. The zero-order valence-corrected chi connectivity index (χ0v) is 11.9. The summed E-state index contributed by atoms with van der Waals surface area (Å²) < 4.78 is 7.15. The van der Waals surface area contributed by atoms with Crippen LogP contribution in [0.5, 0.6) is 0 Å². The predicted octanol–water partition coefficient (Wildman–Crippen LogP) is 1.45. The van der Waals surface area contributed by atoms with E-state index in [1.165, 1.54) is 12.8 Å². The molecule has 0 aromatic carbocycles. The number of aromatic nitrogens is 5. The number of likely N-dealkylation sites (tertiary alicyclic amines) is 1. The molecule has 0 N–H and O–H groups in total. The summed E-state index contributed by atoms with van der Waals surface area (Å²) in [7, 11) is 0. The van der Waals surface area contributed by atoms with Crippen molar-refractivity contribution in [3.05, 3.63) is 24.4 Å². The van der Waals surface area contributed by atoms with Gasteiger partial charge in [0, 0.05) is 12.0 Å². The van der Waals surface area contributed by atoms with Crippen LogP contribution in [0, 0.1) is 0 Å². The third-order valence-electron chi connectivity index (χ3n) is 3.69. The number of hydrogen-bond donors (Lipinski definition) is 0. The first-order valence-corrected chi connectivity index (χ1v) is 7.11. The van der Waals surface area contributed by atoms with E-state index in [9.17, 15) is 0 Å². The van der Waals surface area contributed by atoms with Gasteiger partial charge in [-0.3, -0.25) is 9.58 Å². The van der Waals surface area contributed by atoms with Crippen LogP contribution < -0.4 is 0 Å². The van der Waals surface area contributed by atoms with Crippen LogP contribution >= 0.6 is 0 Å². The molecule has 0 radical (unpaired) electrons. The van der Waals surface area contributed by atoms with Gasteiger partial charge >= 0.3 is 0 Å². The molecule has 20 heavy (non-hydrogen) atoms. The van der Waals surface area contributed by atoms with Crippen LogP contribution in [0.3, 0.4) is 0 Å². The summed E-state index contributed by atoms with van der Waals surface area (Å²) in [6, 6.07) is 0.470. The van der Waals surface area contributed by atoms with Gasteiger partial charge in [-0.15, -0.1) is 0 Å². The standard InChI is InChI=1S/C13H20N6O/c1-10(2)13-16-12(17-20-13)7-18-5-3-4-11(18)6-19-9-14-8-15-19/h8-11H,3-7H2,1-2H3/t11-/m0/s1. The molecule has 7 heteroatoms. The Hall–Kier alpha value is -1.76. The second-order valence-corrected chi connectivity index (χ2v) is 5.59. The molecule has 0 bridgehead atoms. The Balaban J connectivity index is 1.63. The van der Waals surface area contributed by atoms with Crippen molar-refractivity contribution < 1.29 is 4.52 Å². The highest BCUT2D eigenvalue weighted by Crippen LogP contribution is 2.21. The molecule has 7 nitrogen and oxygen atoms in total. The molecule has 0 unspecified atom stereocenters. The molecule has 1 atom stereocenters. The minimum atomic E-state index is 0.278. The molecule has 0 amide bonds. The molecule has 0 aliphatic carbocycles. The van der Waals surface area contributed by atoms with E-state index in [1.54, 1.807) is 12.7 Å². The summed E-state index contributed by atoms with van der Waals surface area (Å²) in [4.78, 5) is 10.8. The molecule has 1 aliphatic heterocycles. The minimum Gasteiger partial charge on any atom is -0.339 e. The van der Waals surface area contributed by atoms with Gasteiger partial charge < -0.3 is 4.52 Å². The summed E-state index contributed by atoms with van der Waals surface area (Å²) in [5.74, 6) is 1.77. The van der Waals surface area contributed by atoms with Gasteiger partial charge in [-0.1, -0.05) is 19.0 Å². The first-order chi connectivity index (χ1) is 9.72. The molecule has 3 heterocycles. The summed E-state index contributed by atoms with van der Waals surface area (Å²) >= 11 is 0. The lowest BCUT2D eigenvalue weighted by Gasteiger charge is -2.22. The Morgan fingerprint density at radius 3 is 3.05 bits per heavy atom. The van der Waals surface area contributed by atoms with E-state index in [-0.39, 0.29) is 5.92 Å². The highest BCUT2D eigenvalue weighted by atomic mass is 16.5. The van der Waals surface area contributed by atoms with Gasteiger partial charge in [0.2, 0.25) is 5.89 Å². The highest BCUT2D eigenvalue weighted by molar-refractivity contribution is 4.92. The molecule has 108 valence electrons. The molecule has 1 saturated heterocycles. The topological polar surface area (TPSA) is 72.9 Å². The highest BCUT2D eigenvalue weighted by Gasteiger charge is 2.26. The van der Waals surface area contributed by atoms with E-state index in [2.05, 4.69) is 39.0 Å². The van der Waals surface area contributed by atoms with Crippen molar-refractivity contribution in [2.45, 2.75) is 51.7 Å². The smallest absolute Gasteiger partial charge is 0.229 e. The van der Waals surface area contributed by atoms with Crippen LogP contribution in [0.1, 0.15) is 44.3 Å². The van der Waals surface area contributed by atoms with Gasteiger partial charge in [-0.05, 0) is 19.4 Å². The van der Waals surface area contributed by atoms with Crippen molar-refractivity contribution in [3.63, 3.8) is 0 Å². The van der Waals surface area contributed by atoms with E-state index in [0.717, 1.165) is 25.5 Å². The molecule has 0 spiro atoms. The average molecular weight is 276 g/mol. The fraction of sp³-hybridized carbons (Fsp3) is 0.692. The van der Waals surface area contributed by atoms with Gasteiger partial charge in [0.05, 0.1) is 13.1 Å². The molecular weight excluding hydrogens is 256 g/mol. The van der Waals surface area contributed by atoms with Crippen molar-refractivity contribution in [1.29, 1.82) is 0 Å². The third-order valence-corrected chi connectivity index (χ3v) is 3.69. The van der Waals surface area contributed by atoms with Gasteiger partial charge in [0.1, 0.15) is 12.7 Å². The van der Waals surface area contributed by atoms with Gasteiger partial charge in [-0.2, -0.15) is 10.1 Å². The maximum Gasteiger partial charge on any atom is 0.229 e. The Labute approximate surface area is 118 Å². The largest absolute Gasteiger partial charge is 0.339 e. The van der Waals surface area contributed by atoms with Crippen LogP contribution in [0.2, 0.25) is 0 Å². The van der Waals surface area contributed by atoms with Crippen molar-refractivity contribution in [2.75, 3.05) is 6.54 Å². The second kappa shape index (κ2) is 5.70. The molecule has 1 fully saturated rings. The molecule has 3 rings (SSSR count). The zero-order chi connectivity index (χ0) is 13.9. The molecule has 1 aliphatic rings. The Bertz CT molecular complexity index is 535. The summed E-state index contributed by atoms with van der Waals surface area (Å²) in [5.41, 5.74) is 0. The normalized spacial score (nSPS) is 20.1. The Morgan fingerprint density at radius 2 is 2.35 bits per heavy atom. The Kier molecular flexibility index (Phi) is 3.77. The van der Waals surface area contributed by atoms with Gasteiger partial charge in [0.15, 0.2) is 5.82 Å². The Morgan fingerprint density at radius 1 is 1.45 bits per heavy atom. The third kappa shape index (κ3) is 2.87. The number of hydrogen-bond acceptors (Lipinski definition) is 6. The number of nitrogens with zero attached hydrogens (tertiary/aromatic N) is 6. The fourth-order valence-corrected chi connectivity index (χ4v) is 2.60.